The van der Waals surface area contributed by atoms with E-state index in [1.807, 2.05) is 0 Å². The quantitative estimate of drug-likeness (QED) is 0.195. The Kier molecular flexibility index (Phi) is 8.11. The first-order valence-corrected chi connectivity index (χ1v) is 11.1. The van der Waals surface area contributed by atoms with Crippen molar-refractivity contribution < 1.29 is 71.2 Å². The summed E-state index contributed by atoms with van der Waals surface area (Å²) in [5, 5.41) is 10.2. The monoisotopic (exact) mass is 448 g/mol. The molecule has 6 atom stereocenters. The summed E-state index contributed by atoms with van der Waals surface area (Å²) in [5.41, 5.74) is 0. The summed E-state index contributed by atoms with van der Waals surface area (Å²) >= 11 is 0. The molecule has 7 N–H and O–H groups in total. The molecular weight excluding hydrogens is 429 g/mol. The fourth-order valence-electron chi connectivity index (χ4n) is 2.52. The highest BCUT2D eigenvalue weighted by atomic mass is 31.2. The second-order valence-electron chi connectivity index (χ2n) is 5.07. The maximum absolute atomic E-state index is 11.2. The molecule has 0 saturated heterocycles. The predicted octanol–water partition coefficient (Wildman–Crippen LogP) is -2.18. The Morgan fingerprint density at radius 2 is 0.885 bits per heavy atom. The number of ether oxygens (including phenoxy) is 2. The van der Waals surface area contributed by atoms with Gasteiger partial charge in [-0.05, 0) is 0 Å². The van der Waals surface area contributed by atoms with Gasteiger partial charge in [0.1, 0.15) is 36.6 Å². The van der Waals surface area contributed by atoms with Crippen LogP contribution in [0.5, 0.6) is 0 Å². The zero-order valence-electron chi connectivity index (χ0n) is 13.2. The van der Waals surface area contributed by atoms with Crippen LogP contribution in [0.25, 0.3) is 0 Å². The Hall–Kier alpha value is 0.210. The first kappa shape index (κ1) is 24.2. The SMILES string of the molecule is CO[C@@H]1[C@@H](OP(=O)(O)O)[C@H](OP(=O)(O)O)[C@H](OP(=O)(O)O)[C@H](O)[C@H]1OC. The van der Waals surface area contributed by atoms with Gasteiger partial charge in [-0.2, -0.15) is 0 Å². The van der Waals surface area contributed by atoms with Gasteiger partial charge in [0, 0.05) is 14.2 Å². The topological polar surface area (TPSA) is 239 Å². The van der Waals surface area contributed by atoms with Crippen molar-refractivity contribution in [2.24, 2.45) is 0 Å². The van der Waals surface area contributed by atoms with Crippen LogP contribution in [-0.2, 0) is 36.7 Å². The number of phosphoric acid groups is 3. The molecular formula is C8H19O15P3. The van der Waals surface area contributed by atoms with Crippen LogP contribution in [0.2, 0.25) is 0 Å². The van der Waals surface area contributed by atoms with Gasteiger partial charge in [0.15, 0.2) is 0 Å². The molecule has 0 aromatic carbocycles. The van der Waals surface area contributed by atoms with E-state index in [1.165, 1.54) is 0 Å². The molecule has 0 spiro atoms. The summed E-state index contributed by atoms with van der Waals surface area (Å²) in [6.07, 6.45) is -11.6. The van der Waals surface area contributed by atoms with Crippen LogP contribution >= 0.6 is 23.5 Å². The molecule has 0 bridgehead atoms. The molecule has 26 heavy (non-hydrogen) atoms. The highest BCUT2D eigenvalue weighted by Gasteiger charge is 2.57. The lowest BCUT2D eigenvalue weighted by Crippen LogP contribution is -2.66. The van der Waals surface area contributed by atoms with Crippen molar-refractivity contribution in [2.45, 2.75) is 36.6 Å². The second-order valence-corrected chi connectivity index (χ2v) is 8.65. The van der Waals surface area contributed by atoms with Crippen LogP contribution in [0.15, 0.2) is 0 Å². The zero-order valence-corrected chi connectivity index (χ0v) is 15.9. The molecule has 0 unspecified atom stereocenters. The van der Waals surface area contributed by atoms with Crippen molar-refractivity contribution in [3.63, 3.8) is 0 Å². The summed E-state index contributed by atoms with van der Waals surface area (Å²) in [5.74, 6) is 0. The third-order valence-electron chi connectivity index (χ3n) is 3.29. The molecule has 1 aliphatic carbocycles. The third kappa shape index (κ3) is 6.99. The summed E-state index contributed by atoms with van der Waals surface area (Å²) < 4.78 is 56.4. The predicted molar refractivity (Wildman–Crippen MR) is 78.4 cm³/mol. The van der Waals surface area contributed by atoms with E-state index >= 15 is 0 Å². The smallest absolute Gasteiger partial charge is 0.387 e. The van der Waals surface area contributed by atoms with E-state index in [0.717, 1.165) is 14.2 Å². The second kappa shape index (κ2) is 8.70. The van der Waals surface area contributed by atoms with Crippen molar-refractivity contribution >= 4 is 23.5 Å². The van der Waals surface area contributed by atoms with Crippen LogP contribution in [0, 0.1) is 0 Å². The molecule has 0 heterocycles. The van der Waals surface area contributed by atoms with E-state index in [1.54, 1.807) is 0 Å². The number of rotatable bonds is 8. The van der Waals surface area contributed by atoms with E-state index in [4.69, 9.17) is 38.8 Å². The lowest BCUT2D eigenvalue weighted by Gasteiger charge is -2.46. The van der Waals surface area contributed by atoms with Gasteiger partial charge in [-0.15, -0.1) is 0 Å². The highest BCUT2D eigenvalue weighted by Crippen LogP contribution is 2.50. The third-order valence-corrected chi connectivity index (χ3v) is 4.84. The maximum Gasteiger partial charge on any atom is 0.470 e. The number of hydrogen-bond acceptors (Lipinski definition) is 9. The summed E-state index contributed by atoms with van der Waals surface area (Å²) in [4.78, 5) is 54.0. The first-order valence-electron chi connectivity index (χ1n) is 6.55. The zero-order chi connectivity index (χ0) is 20.5. The first-order chi connectivity index (χ1) is 11.6. The lowest BCUT2D eigenvalue weighted by atomic mass is 9.84. The molecule has 1 rings (SSSR count). The normalized spacial score (nSPS) is 34.0. The Morgan fingerprint density at radius 3 is 1.19 bits per heavy atom. The van der Waals surface area contributed by atoms with Gasteiger partial charge in [0.25, 0.3) is 0 Å². The molecule has 1 aliphatic rings. The summed E-state index contributed by atoms with van der Waals surface area (Å²) in [6, 6.07) is 0. The molecule has 0 aromatic heterocycles. The number of aliphatic hydroxyl groups is 1. The molecule has 156 valence electrons. The standard InChI is InChI=1S/C8H19O15P3/c1-19-4-3(9)5(21-24(10,11)12)7(22-25(13,14)15)8(6(4)20-2)23-26(16,17)18/h3-9H,1-2H3,(H2,10,11,12)(H2,13,14,15)(H2,16,17,18)/t3-,4-,5-,6+,7-,8-/m1/s1. The molecule has 0 amide bonds. The summed E-state index contributed by atoms with van der Waals surface area (Å²) in [7, 11) is -14.1. The van der Waals surface area contributed by atoms with Crippen LogP contribution in [0.1, 0.15) is 0 Å². The average Bonchev–Trinajstić information content (AvgIpc) is 2.41. The molecule has 18 heteroatoms. The van der Waals surface area contributed by atoms with Gasteiger partial charge in [-0.3, -0.25) is 13.6 Å². The fraction of sp³-hybridized carbons (Fsp3) is 1.00. The molecule has 0 aliphatic heterocycles. The van der Waals surface area contributed by atoms with Crippen molar-refractivity contribution in [1.82, 2.24) is 0 Å². The number of phosphoric ester groups is 3. The Balaban J connectivity index is 3.45. The van der Waals surface area contributed by atoms with Crippen molar-refractivity contribution in [3.8, 4) is 0 Å². The van der Waals surface area contributed by atoms with E-state index in [0.29, 0.717) is 0 Å². The fourth-order valence-corrected chi connectivity index (χ4v) is 4.19. The maximum atomic E-state index is 11.2. The minimum atomic E-state index is -5.40. The average molecular weight is 448 g/mol. The Morgan fingerprint density at radius 1 is 0.577 bits per heavy atom. The van der Waals surface area contributed by atoms with Crippen LogP contribution in [0.3, 0.4) is 0 Å². The van der Waals surface area contributed by atoms with Crippen LogP contribution in [-0.4, -0.2) is 85.3 Å². The number of aliphatic hydroxyl groups excluding tert-OH is 1. The molecule has 0 radical (unpaired) electrons. The van der Waals surface area contributed by atoms with Gasteiger partial charge in [0.05, 0.1) is 0 Å². The minimum absolute atomic E-state index is 0.998. The number of methoxy groups -OCH3 is 2. The highest BCUT2D eigenvalue weighted by molar-refractivity contribution is 7.47. The Bertz CT molecular complexity index is 606. The molecule has 15 nitrogen and oxygen atoms in total. The van der Waals surface area contributed by atoms with Gasteiger partial charge >= 0.3 is 23.5 Å². The molecule has 0 aromatic rings. The summed E-state index contributed by atoms with van der Waals surface area (Å²) in [6.45, 7) is 0. The molecule has 1 fully saturated rings. The van der Waals surface area contributed by atoms with Crippen molar-refractivity contribution in [3.05, 3.63) is 0 Å². The minimum Gasteiger partial charge on any atom is -0.387 e. The van der Waals surface area contributed by atoms with Crippen molar-refractivity contribution in [1.29, 1.82) is 0 Å². The van der Waals surface area contributed by atoms with Gasteiger partial charge in [-0.25, -0.2) is 13.7 Å². The molecule has 1 saturated carbocycles. The van der Waals surface area contributed by atoms with E-state index in [2.05, 4.69) is 13.6 Å². The van der Waals surface area contributed by atoms with Gasteiger partial charge in [0.2, 0.25) is 0 Å². The van der Waals surface area contributed by atoms with Gasteiger partial charge in [-0.1, -0.05) is 0 Å². The van der Waals surface area contributed by atoms with E-state index in [-0.39, 0.29) is 0 Å². The van der Waals surface area contributed by atoms with Gasteiger partial charge < -0.3 is 43.9 Å². The Labute approximate surface area is 146 Å². The van der Waals surface area contributed by atoms with Crippen molar-refractivity contribution in [2.75, 3.05) is 14.2 Å². The van der Waals surface area contributed by atoms with E-state index in [9.17, 15) is 18.8 Å². The largest absolute Gasteiger partial charge is 0.470 e. The lowest BCUT2D eigenvalue weighted by molar-refractivity contribution is -0.225. The van der Waals surface area contributed by atoms with Crippen LogP contribution < -0.4 is 0 Å². The van der Waals surface area contributed by atoms with Crippen LogP contribution in [0.4, 0.5) is 0 Å². The number of hydrogen-bond donors (Lipinski definition) is 7. The van der Waals surface area contributed by atoms with E-state index < -0.39 is 60.1 Å².